The van der Waals surface area contributed by atoms with Gasteiger partial charge in [0, 0.05) is 11.1 Å². The summed E-state index contributed by atoms with van der Waals surface area (Å²) in [7, 11) is 0. The molecule has 1 heterocycles. The summed E-state index contributed by atoms with van der Waals surface area (Å²) in [6.07, 6.45) is -4.01. The Labute approximate surface area is 148 Å². The Morgan fingerprint density at radius 3 is 2.40 bits per heavy atom. The zero-order chi connectivity index (χ0) is 18.4. The molecule has 1 atom stereocenters. The monoisotopic (exact) mass is 368 g/mol. The van der Waals surface area contributed by atoms with E-state index in [1.165, 1.54) is 6.08 Å². The van der Waals surface area contributed by atoms with Crippen LogP contribution in [-0.2, 0) is 0 Å². The van der Waals surface area contributed by atoms with E-state index in [0.29, 0.717) is 27.6 Å². The molecule has 0 aromatic heterocycles. The first kappa shape index (κ1) is 17.7. The van der Waals surface area contributed by atoms with Crippen LogP contribution in [0.1, 0.15) is 22.3 Å². The third-order valence-corrected chi connectivity index (χ3v) is 4.47. The minimum absolute atomic E-state index is 0.169. The van der Waals surface area contributed by atoms with Gasteiger partial charge in [-0.25, -0.2) is 0 Å². The van der Waals surface area contributed by atoms with Gasteiger partial charge in [0.2, 0.25) is 6.10 Å². The summed E-state index contributed by atoms with van der Waals surface area (Å²) in [6.45, 7) is 5.53. The fourth-order valence-corrected chi connectivity index (χ4v) is 2.83. The van der Waals surface area contributed by atoms with E-state index in [0.717, 1.165) is 17.2 Å². The van der Waals surface area contributed by atoms with Gasteiger partial charge in [-0.05, 0) is 62.2 Å². The molecule has 0 radical (unpaired) electrons. The van der Waals surface area contributed by atoms with E-state index in [9.17, 15) is 13.2 Å². The lowest BCUT2D eigenvalue weighted by atomic mass is 10.0. The number of ether oxygens (including phenoxy) is 2. The number of halogens is 4. The normalized spacial score (nSPS) is 16.4. The minimum atomic E-state index is -4.46. The summed E-state index contributed by atoms with van der Waals surface area (Å²) in [5, 5.41) is 0.439. The van der Waals surface area contributed by atoms with Crippen molar-refractivity contribution >= 4 is 17.7 Å². The molecule has 2 nitrogen and oxygen atoms in total. The Morgan fingerprint density at radius 1 is 1.04 bits per heavy atom. The van der Waals surface area contributed by atoms with Crippen molar-refractivity contribution in [1.82, 2.24) is 0 Å². The van der Waals surface area contributed by atoms with Crippen molar-refractivity contribution in [2.24, 2.45) is 0 Å². The average molecular weight is 369 g/mol. The summed E-state index contributed by atoms with van der Waals surface area (Å²) < 4.78 is 49.8. The maximum atomic E-state index is 12.9. The second kappa shape index (κ2) is 6.30. The number of rotatable bonds is 2. The van der Waals surface area contributed by atoms with Gasteiger partial charge in [-0.2, -0.15) is 13.2 Å². The van der Waals surface area contributed by atoms with Gasteiger partial charge in [0.15, 0.2) is 0 Å². The first-order valence-corrected chi connectivity index (χ1v) is 8.04. The predicted octanol–water partition coefficient (Wildman–Crippen LogP) is 6.39. The lowest BCUT2D eigenvalue weighted by Gasteiger charge is -2.25. The van der Waals surface area contributed by atoms with E-state index in [2.05, 4.69) is 0 Å². The van der Waals surface area contributed by atoms with Crippen LogP contribution < -0.4 is 9.47 Å². The summed E-state index contributed by atoms with van der Waals surface area (Å²) >= 11 is 6.21. The molecular weight excluding hydrogens is 353 g/mol. The molecule has 25 heavy (non-hydrogen) atoms. The fraction of sp³-hybridized carbons (Fsp3) is 0.263. The molecule has 0 saturated heterocycles. The Kier molecular flexibility index (Phi) is 4.45. The number of hydrogen-bond acceptors (Lipinski definition) is 2. The van der Waals surface area contributed by atoms with Crippen molar-refractivity contribution in [2.75, 3.05) is 0 Å². The highest BCUT2D eigenvalue weighted by Crippen LogP contribution is 2.41. The Morgan fingerprint density at radius 2 is 1.72 bits per heavy atom. The molecule has 132 valence electrons. The molecule has 2 aromatic carbocycles. The average Bonchev–Trinajstić information content (AvgIpc) is 2.54. The Hall–Kier alpha value is -2.14. The third-order valence-electron chi connectivity index (χ3n) is 4.17. The van der Waals surface area contributed by atoms with E-state index in [1.54, 1.807) is 31.2 Å². The van der Waals surface area contributed by atoms with Crippen LogP contribution in [0.4, 0.5) is 13.2 Å². The zero-order valence-corrected chi connectivity index (χ0v) is 14.6. The third kappa shape index (κ3) is 3.47. The number of aryl methyl sites for hydroxylation is 2. The topological polar surface area (TPSA) is 18.5 Å². The molecule has 0 fully saturated rings. The van der Waals surface area contributed by atoms with Gasteiger partial charge < -0.3 is 9.47 Å². The van der Waals surface area contributed by atoms with E-state index in [-0.39, 0.29) is 5.75 Å². The van der Waals surface area contributed by atoms with Crippen LogP contribution in [-0.4, -0.2) is 12.3 Å². The van der Waals surface area contributed by atoms with Crippen LogP contribution in [0.5, 0.6) is 17.2 Å². The molecule has 2 aromatic rings. The van der Waals surface area contributed by atoms with Crippen molar-refractivity contribution in [2.45, 2.75) is 33.1 Å². The molecule has 0 spiro atoms. The second-order valence-corrected chi connectivity index (χ2v) is 6.42. The van der Waals surface area contributed by atoms with Crippen LogP contribution in [0.25, 0.3) is 6.08 Å². The molecule has 1 aliphatic rings. The van der Waals surface area contributed by atoms with E-state index >= 15 is 0 Å². The van der Waals surface area contributed by atoms with Crippen LogP contribution in [0.3, 0.4) is 0 Å². The van der Waals surface area contributed by atoms with Crippen LogP contribution in [0.2, 0.25) is 5.02 Å². The summed E-state index contributed by atoms with van der Waals surface area (Å²) in [4.78, 5) is 0. The van der Waals surface area contributed by atoms with Gasteiger partial charge >= 0.3 is 6.18 Å². The summed E-state index contributed by atoms with van der Waals surface area (Å²) in [5.41, 5.74) is 3.11. The van der Waals surface area contributed by atoms with E-state index in [1.807, 2.05) is 13.8 Å². The van der Waals surface area contributed by atoms with Crippen molar-refractivity contribution < 1.29 is 22.6 Å². The van der Waals surface area contributed by atoms with Gasteiger partial charge in [0.25, 0.3) is 0 Å². The van der Waals surface area contributed by atoms with Crippen LogP contribution >= 0.6 is 11.6 Å². The maximum absolute atomic E-state index is 12.9. The van der Waals surface area contributed by atoms with Crippen LogP contribution in [0.15, 0.2) is 30.3 Å². The van der Waals surface area contributed by atoms with Crippen molar-refractivity contribution in [3.05, 3.63) is 57.6 Å². The molecule has 0 saturated carbocycles. The number of alkyl halides is 3. The highest BCUT2D eigenvalue weighted by atomic mass is 35.5. The van der Waals surface area contributed by atoms with Crippen LogP contribution in [0, 0.1) is 20.8 Å². The van der Waals surface area contributed by atoms with Crippen molar-refractivity contribution in [3.8, 4) is 17.2 Å². The molecule has 0 amide bonds. The first-order chi connectivity index (χ1) is 11.7. The smallest absolute Gasteiger partial charge is 0.429 e. The molecule has 0 N–H and O–H groups in total. The summed E-state index contributed by atoms with van der Waals surface area (Å²) in [6, 6.07) is 6.95. The SMILES string of the molecule is Cc1cc(Cl)c(Oc2ccc3c(c2C)OC(C(F)(F)F)C=C3)cc1C. The van der Waals surface area contributed by atoms with Crippen molar-refractivity contribution in [1.29, 1.82) is 0 Å². The molecule has 0 bridgehead atoms. The highest BCUT2D eigenvalue weighted by Gasteiger charge is 2.41. The fourth-order valence-electron chi connectivity index (χ4n) is 2.58. The first-order valence-electron chi connectivity index (χ1n) is 7.66. The molecule has 6 heteroatoms. The molecule has 0 aliphatic carbocycles. The number of benzene rings is 2. The van der Waals surface area contributed by atoms with E-state index in [4.69, 9.17) is 21.1 Å². The lowest BCUT2D eigenvalue weighted by molar-refractivity contribution is -0.180. The molecule has 1 aliphatic heterocycles. The van der Waals surface area contributed by atoms with Gasteiger partial charge in [-0.1, -0.05) is 17.7 Å². The van der Waals surface area contributed by atoms with Gasteiger partial charge in [0.05, 0.1) is 5.02 Å². The minimum Gasteiger partial charge on any atom is -0.476 e. The quantitative estimate of drug-likeness (QED) is 0.611. The second-order valence-electron chi connectivity index (χ2n) is 6.02. The van der Waals surface area contributed by atoms with Gasteiger partial charge in [-0.3, -0.25) is 0 Å². The molecule has 3 rings (SSSR count). The summed E-state index contributed by atoms with van der Waals surface area (Å²) in [5.74, 6) is 1.02. The molecule has 1 unspecified atom stereocenters. The number of fused-ring (bicyclic) bond motifs is 1. The highest BCUT2D eigenvalue weighted by molar-refractivity contribution is 6.32. The Balaban J connectivity index is 1.96. The zero-order valence-electron chi connectivity index (χ0n) is 13.9. The lowest BCUT2D eigenvalue weighted by Crippen LogP contribution is -2.34. The van der Waals surface area contributed by atoms with E-state index < -0.39 is 12.3 Å². The Bertz CT molecular complexity index is 857. The largest absolute Gasteiger partial charge is 0.476 e. The van der Waals surface area contributed by atoms with Crippen molar-refractivity contribution in [3.63, 3.8) is 0 Å². The number of hydrogen-bond donors (Lipinski definition) is 0. The predicted molar refractivity (Wildman–Crippen MR) is 91.7 cm³/mol. The van der Waals surface area contributed by atoms with Gasteiger partial charge in [0.1, 0.15) is 17.2 Å². The standard InChI is InChI=1S/C19H16ClF3O2/c1-10-8-14(20)16(9-11(10)2)24-15-6-4-13-5-7-17(19(21,22)23)25-18(13)12(15)3/h4-9,17H,1-3H3. The van der Waals surface area contributed by atoms with Gasteiger partial charge in [-0.15, -0.1) is 0 Å². The molecular formula is C19H16ClF3O2. The maximum Gasteiger partial charge on any atom is 0.429 e.